The summed E-state index contributed by atoms with van der Waals surface area (Å²) in [5, 5.41) is 11.6. The summed E-state index contributed by atoms with van der Waals surface area (Å²) in [4.78, 5) is 14.8. The number of benzene rings is 1. The zero-order valence-electron chi connectivity index (χ0n) is 15.6. The van der Waals surface area contributed by atoms with Crippen LogP contribution < -0.4 is 10.2 Å². The Morgan fingerprint density at radius 2 is 2.00 bits per heavy atom. The Labute approximate surface area is 172 Å². The van der Waals surface area contributed by atoms with Crippen molar-refractivity contribution >= 4 is 33.3 Å². The SMILES string of the molecule is Cc1cc(NC(=O)C2CCN(c3ccc(-c4ccco4)nn3)CC2)ccc1Br. The van der Waals surface area contributed by atoms with Gasteiger partial charge in [-0.3, -0.25) is 4.79 Å². The van der Waals surface area contributed by atoms with E-state index < -0.39 is 0 Å². The van der Waals surface area contributed by atoms with Gasteiger partial charge in [-0.05, 0) is 67.8 Å². The Kier molecular flexibility index (Phi) is 5.43. The average molecular weight is 441 g/mol. The first kappa shape index (κ1) is 18.7. The van der Waals surface area contributed by atoms with E-state index in [2.05, 4.69) is 36.3 Å². The number of carbonyl (C=O) groups is 1. The van der Waals surface area contributed by atoms with E-state index in [0.717, 1.165) is 47.5 Å². The fourth-order valence-electron chi connectivity index (χ4n) is 3.39. The molecule has 2 aromatic heterocycles. The van der Waals surface area contributed by atoms with Gasteiger partial charge in [0.1, 0.15) is 5.69 Å². The molecule has 28 heavy (non-hydrogen) atoms. The predicted octanol–water partition coefficient (Wildman–Crippen LogP) is 4.66. The van der Waals surface area contributed by atoms with Crippen LogP contribution in [0.3, 0.4) is 0 Å². The van der Waals surface area contributed by atoms with E-state index in [1.807, 2.05) is 49.4 Å². The highest BCUT2D eigenvalue weighted by Crippen LogP contribution is 2.25. The van der Waals surface area contributed by atoms with Gasteiger partial charge in [-0.2, -0.15) is 0 Å². The molecule has 0 saturated carbocycles. The van der Waals surface area contributed by atoms with Crippen LogP contribution in [0.4, 0.5) is 11.5 Å². The lowest BCUT2D eigenvalue weighted by atomic mass is 9.95. The number of hydrogen-bond acceptors (Lipinski definition) is 5. The monoisotopic (exact) mass is 440 g/mol. The molecule has 4 rings (SSSR count). The van der Waals surface area contributed by atoms with Crippen molar-refractivity contribution in [3.8, 4) is 11.5 Å². The molecule has 0 radical (unpaired) electrons. The lowest BCUT2D eigenvalue weighted by Crippen LogP contribution is -2.38. The molecule has 0 atom stereocenters. The molecule has 1 amide bonds. The van der Waals surface area contributed by atoms with Crippen LogP contribution in [-0.4, -0.2) is 29.2 Å². The first-order valence-electron chi connectivity index (χ1n) is 9.30. The van der Waals surface area contributed by atoms with E-state index in [0.29, 0.717) is 11.5 Å². The number of nitrogens with one attached hydrogen (secondary N) is 1. The second-order valence-corrected chi connectivity index (χ2v) is 7.82. The van der Waals surface area contributed by atoms with Crippen molar-refractivity contribution in [2.75, 3.05) is 23.3 Å². The number of furan rings is 1. The Morgan fingerprint density at radius 1 is 1.18 bits per heavy atom. The summed E-state index contributed by atoms with van der Waals surface area (Å²) in [5.74, 6) is 1.63. The standard InChI is InChI=1S/C21H21BrN4O2/c1-14-13-16(4-5-17(14)22)23-21(27)15-8-10-26(11-9-15)20-7-6-18(24-25-20)19-3-2-12-28-19/h2-7,12-13,15H,8-11H2,1H3,(H,23,27). The van der Waals surface area contributed by atoms with Gasteiger partial charge in [0.15, 0.2) is 11.6 Å². The molecule has 1 aliphatic heterocycles. The Morgan fingerprint density at radius 3 is 2.64 bits per heavy atom. The smallest absolute Gasteiger partial charge is 0.227 e. The Hall–Kier alpha value is -2.67. The number of hydrogen-bond donors (Lipinski definition) is 1. The quantitative estimate of drug-likeness (QED) is 0.638. The molecule has 144 valence electrons. The molecule has 0 unspecified atom stereocenters. The number of rotatable bonds is 4. The lowest BCUT2D eigenvalue weighted by molar-refractivity contribution is -0.120. The molecule has 3 heterocycles. The van der Waals surface area contributed by atoms with E-state index in [1.54, 1.807) is 6.26 Å². The molecule has 0 bridgehead atoms. The molecule has 1 N–H and O–H groups in total. The van der Waals surface area contributed by atoms with Gasteiger partial charge in [-0.15, -0.1) is 10.2 Å². The van der Waals surface area contributed by atoms with Crippen molar-refractivity contribution in [1.29, 1.82) is 0 Å². The number of aryl methyl sites for hydroxylation is 1. The van der Waals surface area contributed by atoms with Gasteiger partial charge in [0.05, 0.1) is 6.26 Å². The molecule has 0 aliphatic carbocycles. The number of carbonyl (C=O) groups excluding carboxylic acids is 1. The fourth-order valence-corrected chi connectivity index (χ4v) is 3.63. The van der Waals surface area contributed by atoms with Crippen LogP contribution in [0.1, 0.15) is 18.4 Å². The van der Waals surface area contributed by atoms with Gasteiger partial charge in [-0.1, -0.05) is 15.9 Å². The number of anilines is 2. The molecule has 6 nitrogen and oxygen atoms in total. The molecule has 1 aromatic carbocycles. The van der Waals surface area contributed by atoms with Crippen molar-refractivity contribution < 1.29 is 9.21 Å². The van der Waals surface area contributed by atoms with Gasteiger partial charge >= 0.3 is 0 Å². The summed E-state index contributed by atoms with van der Waals surface area (Å²) in [6.45, 7) is 3.58. The molecular formula is C21H21BrN4O2. The van der Waals surface area contributed by atoms with Crippen LogP contribution >= 0.6 is 15.9 Å². The predicted molar refractivity (Wildman–Crippen MR) is 112 cm³/mol. The number of nitrogens with zero attached hydrogens (tertiary/aromatic N) is 3. The summed E-state index contributed by atoms with van der Waals surface area (Å²) in [7, 11) is 0. The first-order valence-corrected chi connectivity index (χ1v) is 10.1. The number of aromatic nitrogens is 2. The Bertz CT molecular complexity index is 949. The largest absolute Gasteiger partial charge is 0.463 e. The number of halogens is 1. The average Bonchev–Trinajstić information content (AvgIpc) is 3.26. The molecular weight excluding hydrogens is 420 g/mol. The summed E-state index contributed by atoms with van der Waals surface area (Å²) < 4.78 is 6.38. The normalized spacial score (nSPS) is 14.9. The van der Waals surface area contributed by atoms with E-state index in [9.17, 15) is 4.79 Å². The van der Waals surface area contributed by atoms with Crippen LogP contribution in [0.2, 0.25) is 0 Å². The summed E-state index contributed by atoms with van der Waals surface area (Å²) in [6, 6.07) is 13.4. The third-order valence-electron chi connectivity index (χ3n) is 5.04. The molecule has 0 spiro atoms. The summed E-state index contributed by atoms with van der Waals surface area (Å²) in [6.07, 6.45) is 3.21. The minimum absolute atomic E-state index is 0.00977. The first-order chi connectivity index (χ1) is 13.6. The van der Waals surface area contributed by atoms with Gasteiger partial charge in [0, 0.05) is 29.2 Å². The van der Waals surface area contributed by atoms with E-state index in [-0.39, 0.29) is 11.8 Å². The number of piperidine rings is 1. The highest BCUT2D eigenvalue weighted by atomic mass is 79.9. The third kappa shape index (κ3) is 4.09. The van der Waals surface area contributed by atoms with Crippen LogP contribution in [0.15, 0.2) is 57.6 Å². The van der Waals surface area contributed by atoms with Gasteiger partial charge < -0.3 is 14.6 Å². The highest BCUT2D eigenvalue weighted by molar-refractivity contribution is 9.10. The van der Waals surface area contributed by atoms with Crippen molar-refractivity contribution in [2.45, 2.75) is 19.8 Å². The minimum atomic E-state index is 0.00977. The summed E-state index contributed by atoms with van der Waals surface area (Å²) >= 11 is 3.48. The third-order valence-corrected chi connectivity index (χ3v) is 5.93. The second kappa shape index (κ2) is 8.14. The van der Waals surface area contributed by atoms with Crippen molar-refractivity contribution in [1.82, 2.24) is 10.2 Å². The zero-order chi connectivity index (χ0) is 19.5. The lowest BCUT2D eigenvalue weighted by Gasteiger charge is -2.31. The zero-order valence-corrected chi connectivity index (χ0v) is 17.1. The van der Waals surface area contributed by atoms with Crippen molar-refractivity contribution in [3.05, 3.63) is 58.8 Å². The van der Waals surface area contributed by atoms with Gasteiger partial charge in [0.25, 0.3) is 0 Å². The van der Waals surface area contributed by atoms with Gasteiger partial charge in [-0.25, -0.2) is 0 Å². The van der Waals surface area contributed by atoms with E-state index in [1.165, 1.54) is 0 Å². The fraction of sp³-hybridized carbons (Fsp3) is 0.286. The van der Waals surface area contributed by atoms with Crippen molar-refractivity contribution in [3.63, 3.8) is 0 Å². The van der Waals surface area contributed by atoms with Crippen LogP contribution in [0.5, 0.6) is 0 Å². The van der Waals surface area contributed by atoms with E-state index in [4.69, 9.17) is 4.42 Å². The maximum atomic E-state index is 12.6. The van der Waals surface area contributed by atoms with Crippen LogP contribution in [-0.2, 0) is 4.79 Å². The molecule has 1 fully saturated rings. The maximum absolute atomic E-state index is 12.6. The molecule has 1 aliphatic rings. The van der Waals surface area contributed by atoms with Gasteiger partial charge in [0.2, 0.25) is 5.91 Å². The van der Waals surface area contributed by atoms with E-state index >= 15 is 0 Å². The topological polar surface area (TPSA) is 71.3 Å². The second-order valence-electron chi connectivity index (χ2n) is 6.97. The van der Waals surface area contributed by atoms with Crippen LogP contribution in [0, 0.1) is 12.8 Å². The minimum Gasteiger partial charge on any atom is -0.463 e. The molecule has 3 aromatic rings. The maximum Gasteiger partial charge on any atom is 0.227 e. The Balaban J connectivity index is 1.33. The van der Waals surface area contributed by atoms with Crippen molar-refractivity contribution in [2.24, 2.45) is 5.92 Å². The number of amides is 1. The highest BCUT2D eigenvalue weighted by Gasteiger charge is 2.26. The molecule has 7 heteroatoms. The summed E-state index contributed by atoms with van der Waals surface area (Å²) in [5.41, 5.74) is 2.66. The van der Waals surface area contributed by atoms with Crippen LogP contribution in [0.25, 0.3) is 11.5 Å². The molecule has 1 saturated heterocycles.